The van der Waals surface area contributed by atoms with Crippen molar-refractivity contribution in [3.05, 3.63) is 53.1 Å². The number of hydrogen-bond donors (Lipinski definition) is 2. The van der Waals surface area contributed by atoms with Crippen LogP contribution in [0.25, 0.3) is 27.8 Å². The number of halogens is 2. The van der Waals surface area contributed by atoms with Gasteiger partial charge in [0.25, 0.3) is 0 Å². The maximum absolute atomic E-state index is 15.2. The summed E-state index contributed by atoms with van der Waals surface area (Å²) >= 11 is 0. The maximum atomic E-state index is 15.2. The van der Waals surface area contributed by atoms with Crippen LogP contribution in [0.2, 0.25) is 0 Å². The first-order chi connectivity index (χ1) is 13.8. The van der Waals surface area contributed by atoms with E-state index in [2.05, 4.69) is 15.2 Å². The molecule has 0 spiro atoms. The third-order valence-electron chi connectivity index (χ3n) is 5.03. The maximum Gasteiger partial charge on any atom is 0.306 e. The fraction of sp³-hybridized carbons (Fsp3) is 0.286. The largest absolute Gasteiger partial charge is 0.481 e. The fourth-order valence-corrected chi connectivity index (χ4v) is 3.79. The Bertz CT molecular complexity index is 1240. The van der Waals surface area contributed by atoms with E-state index in [9.17, 15) is 9.18 Å². The molecule has 3 aromatic heterocycles. The highest BCUT2D eigenvalue weighted by Crippen LogP contribution is 2.40. The molecule has 0 fully saturated rings. The third kappa shape index (κ3) is 3.14. The quantitative estimate of drug-likeness (QED) is 0.498. The summed E-state index contributed by atoms with van der Waals surface area (Å²) in [5.74, 6) is -1.69. The Morgan fingerprint density at radius 1 is 1.31 bits per heavy atom. The molecule has 0 aliphatic heterocycles. The van der Waals surface area contributed by atoms with Crippen molar-refractivity contribution in [3.8, 4) is 5.69 Å². The Labute approximate surface area is 165 Å². The number of aromatic amines is 1. The predicted octanol–water partition coefficient (Wildman–Crippen LogP) is 4.96. The Kier molecular flexibility index (Phi) is 4.56. The van der Waals surface area contributed by atoms with Crippen molar-refractivity contribution >= 4 is 28.0 Å². The summed E-state index contributed by atoms with van der Waals surface area (Å²) in [5.41, 5.74) is 3.47. The minimum absolute atomic E-state index is 0.131. The van der Waals surface area contributed by atoms with Crippen LogP contribution < -0.4 is 0 Å². The molecule has 4 aromatic rings. The molecule has 29 heavy (non-hydrogen) atoms. The highest BCUT2D eigenvalue weighted by Gasteiger charge is 2.29. The Morgan fingerprint density at radius 3 is 2.72 bits per heavy atom. The second-order valence-corrected chi connectivity index (χ2v) is 7.45. The molecule has 0 radical (unpaired) electrons. The summed E-state index contributed by atoms with van der Waals surface area (Å²) in [5, 5.41) is 16.6. The molecule has 150 valence electrons. The van der Waals surface area contributed by atoms with Crippen molar-refractivity contribution < 1.29 is 18.7 Å². The van der Waals surface area contributed by atoms with Gasteiger partial charge in [0, 0.05) is 22.3 Å². The van der Waals surface area contributed by atoms with Crippen molar-refractivity contribution in [2.24, 2.45) is 0 Å². The fourth-order valence-electron chi connectivity index (χ4n) is 3.79. The van der Waals surface area contributed by atoms with Gasteiger partial charge in [0.1, 0.15) is 12.0 Å². The molecule has 0 unspecified atom stereocenters. The molecule has 0 saturated carbocycles. The lowest BCUT2D eigenvalue weighted by molar-refractivity contribution is -0.138. The summed E-state index contributed by atoms with van der Waals surface area (Å²) in [6.45, 7) is 5.48. The molecule has 4 rings (SSSR count). The molecule has 6 nitrogen and oxygen atoms in total. The molecule has 2 N–H and O–H groups in total. The highest BCUT2D eigenvalue weighted by molar-refractivity contribution is 5.93. The van der Waals surface area contributed by atoms with Crippen LogP contribution in [0.3, 0.4) is 0 Å². The monoisotopic (exact) mass is 398 g/mol. The number of alkyl halides is 1. The molecule has 0 aliphatic rings. The second kappa shape index (κ2) is 6.95. The van der Waals surface area contributed by atoms with Crippen LogP contribution in [0.4, 0.5) is 8.78 Å². The van der Waals surface area contributed by atoms with Crippen LogP contribution in [0.1, 0.15) is 49.2 Å². The van der Waals surface area contributed by atoms with Crippen molar-refractivity contribution in [2.75, 3.05) is 0 Å². The number of rotatable bonds is 5. The van der Waals surface area contributed by atoms with Gasteiger partial charge in [-0.3, -0.25) is 9.89 Å². The van der Waals surface area contributed by atoms with Crippen LogP contribution >= 0.6 is 0 Å². The van der Waals surface area contributed by atoms with E-state index in [1.54, 1.807) is 25.3 Å². The van der Waals surface area contributed by atoms with Crippen LogP contribution in [-0.2, 0) is 4.79 Å². The SMILES string of the molecule is Cc1cc(-n2c(C(C)C)c([C@@H](F)CC(=O)O)c3nc4[nH]ncc4cc32)ccc1F. The lowest BCUT2D eigenvalue weighted by atomic mass is 9.99. The van der Waals surface area contributed by atoms with Gasteiger partial charge in [0.05, 0.1) is 23.7 Å². The van der Waals surface area contributed by atoms with Crippen LogP contribution in [0, 0.1) is 12.7 Å². The third-order valence-corrected chi connectivity index (χ3v) is 5.03. The first-order valence-corrected chi connectivity index (χ1v) is 9.28. The van der Waals surface area contributed by atoms with Gasteiger partial charge in [-0.05, 0) is 42.7 Å². The van der Waals surface area contributed by atoms with Crippen molar-refractivity contribution in [1.82, 2.24) is 19.7 Å². The molecule has 0 aliphatic carbocycles. The predicted molar refractivity (Wildman–Crippen MR) is 106 cm³/mol. The zero-order chi connectivity index (χ0) is 20.9. The van der Waals surface area contributed by atoms with Gasteiger partial charge in [0.2, 0.25) is 0 Å². The summed E-state index contributed by atoms with van der Waals surface area (Å²) in [4.78, 5) is 15.8. The number of nitrogens with one attached hydrogen (secondary N) is 1. The Morgan fingerprint density at radius 2 is 2.07 bits per heavy atom. The van der Waals surface area contributed by atoms with Crippen LogP contribution in [-0.4, -0.2) is 30.8 Å². The number of aliphatic carboxylic acids is 1. The molecule has 0 bridgehead atoms. The zero-order valence-corrected chi connectivity index (χ0v) is 16.2. The van der Waals surface area contributed by atoms with E-state index in [0.717, 1.165) is 5.39 Å². The van der Waals surface area contributed by atoms with Gasteiger partial charge in [-0.25, -0.2) is 13.8 Å². The topological polar surface area (TPSA) is 83.8 Å². The highest BCUT2D eigenvalue weighted by atomic mass is 19.1. The summed E-state index contributed by atoms with van der Waals surface area (Å²) in [6.07, 6.45) is -0.777. The van der Waals surface area contributed by atoms with E-state index in [0.29, 0.717) is 33.6 Å². The van der Waals surface area contributed by atoms with Crippen LogP contribution in [0.15, 0.2) is 30.5 Å². The first kappa shape index (κ1) is 19.0. The number of H-pyrrole nitrogens is 1. The molecule has 1 atom stereocenters. The number of nitrogens with zero attached hydrogens (tertiary/aromatic N) is 3. The molecule has 8 heteroatoms. The lowest BCUT2D eigenvalue weighted by Gasteiger charge is -2.17. The Balaban J connectivity index is 2.13. The average Bonchev–Trinajstić information content (AvgIpc) is 3.23. The summed E-state index contributed by atoms with van der Waals surface area (Å²) < 4.78 is 30.9. The molecule has 1 aromatic carbocycles. The number of carboxylic acids is 1. The van der Waals surface area contributed by atoms with Crippen molar-refractivity contribution in [2.45, 2.75) is 39.3 Å². The van der Waals surface area contributed by atoms with Gasteiger partial charge in [-0.15, -0.1) is 0 Å². The van der Waals surface area contributed by atoms with Crippen LogP contribution in [0.5, 0.6) is 0 Å². The number of hydrogen-bond acceptors (Lipinski definition) is 3. The molecule has 3 heterocycles. The number of aryl methyl sites for hydroxylation is 1. The summed E-state index contributed by atoms with van der Waals surface area (Å²) in [7, 11) is 0. The van der Waals surface area contributed by atoms with Gasteiger partial charge < -0.3 is 9.67 Å². The van der Waals surface area contributed by atoms with E-state index in [-0.39, 0.29) is 17.3 Å². The summed E-state index contributed by atoms with van der Waals surface area (Å²) in [6, 6.07) is 6.52. The molecule has 0 amide bonds. The minimum atomic E-state index is -1.73. The number of fused-ring (bicyclic) bond motifs is 2. The number of pyridine rings is 1. The lowest BCUT2D eigenvalue weighted by Crippen LogP contribution is -2.08. The number of benzene rings is 1. The van der Waals surface area contributed by atoms with Gasteiger partial charge in [-0.2, -0.15) is 5.10 Å². The van der Waals surface area contributed by atoms with Gasteiger partial charge in [0.15, 0.2) is 5.65 Å². The molecular formula is C21H20F2N4O2. The standard InChI is InChI=1S/C21H20F2N4O2/c1-10(2)20-18(15(23)8-17(28)29)19-16(7-12-9-24-26-21(12)25-19)27(20)13-4-5-14(22)11(3)6-13/h4-7,9-10,15H,8H2,1-3H3,(H,28,29)(H,24,25,26)/t15-/m0/s1. The van der Waals surface area contributed by atoms with Gasteiger partial charge in [-0.1, -0.05) is 13.8 Å². The smallest absolute Gasteiger partial charge is 0.306 e. The minimum Gasteiger partial charge on any atom is -0.481 e. The first-order valence-electron chi connectivity index (χ1n) is 9.28. The van der Waals surface area contributed by atoms with Gasteiger partial charge >= 0.3 is 5.97 Å². The van der Waals surface area contributed by atoms with E-state index in [1.165, 1.54) is 6.07 Å². The zero-order valence-electron chi connectivity index (χ0n) is 16.2. The van der Waals surface area contributed by atoms with E-state index in [4.69, 9.17) is 5.11 Å². The van der Waals surface area contributed by atoms with Crippen molar-refractivity contribution in [1.29, 1.82) is 0 Å². The molecular weight excluding hydrogens is 378 g/mol. The van der Waals surface area contributed by atoms with E-state index in [1.807, 2.05) is 24.5 Å². The van der Waals surface area contributed by atoms with E-state index >= 15 is 4.39 Å². The molecule has 0 saturated heterocycles. The number of aromatic nitrogens is 4. The Hall–Kier alpha value is -3.29. The van der Waals surface area contributed by atoms with Crippen molar-refractivity contribution in [3.63, 3.8) is 0 Å². The average molecular weight is 398 g/mol. The van der Waals surface area contributed by atoms with E-state index < -0.39 is 18.6 Å². The normalized spacial score (nSPS) is 12.9. The second-order valence-electron chi connectivity index (χ2n) is 7.45. The number of carboxylic acid groups (broad SMARTS) is 1. The number of carbonyl (C=O) groups is 1.